The van der Waals surface area contributed by atoms with Gasteiger partial charge in [0.1, 0.15) is 0 Å². The molecule has 5 nitrogen and oxygen atoms in total. The zero-order valence-electron chi connectivity index (χ0n) is 11.9. The van der Waals surface area contributed by atoms with Gasteiger partial charge in [-0.1, -0.05) is 36.8 Å². The number of amides is 1. The number of hydrogen-bond donors (Lipinski definition) is 2. The molecular weight excluding hydrogens is 264 g/mol. The van der Waals surface area contributed by atoms with Gasteiger partial charge in [0.05, 0.1) is 24.3 Å². The predicted octanol–water partition coefficient (Wildman–Crippen LogP) is 2.00. The fourth-order valence-corrected chi connectivity index (χ4v) is 2.83. The molecule has 21 heavy (non-hydrogen) atoms. The van der Waals surface area contributed by atoms with E-state index in [9.17, 15) is 4.79 Å². The Labute approximate surface area is 124 Å². The Bertz CT molecular complexity index is 608. The van der Waals surface area contributed by atoms with E-state index in [0.717, 1.165) is 24.9 Å². The summed E-state index contributed by atoms with van der Waals surface area (Å²) in [4.78, 5) is 12.2. The minimum atomic E-state index is -0.0672. The van der Waals surface area contributed by atoms with Gasteiger partial charge in [-0.2, -0.15) is 5.10 Å². The van der Waals surface area contributed by atoms with Crippen molar-refractivity contribution in [1.82, 2.24) is 9.78 Å². The molecule has 0 saturated heterocycles. The molecule has 0 radical (unpaired) electrons. The third-order valence-corrected chi connectivity index (χ3v) is 3.99. The van der Waals surface area contributed by atoms with Gasteiger partial charge in [-0.25, -0.2) is 0 Å². The second-order valence-electron chi connectivity index (χ2n) is 5.60. The van der Waals surface area contributed by atoms with Crippen LogP contribution >= 0.6 is 0 Å². The molecular formula is C16H20N4O. The highest BCUT2D eigenvalue weighted by Crippen LogP contribution is 2.25. The molecule has 0 bridgehead atoms. The number of benzene rings is 1. The molecule has 1 aliphatic rings. The van der Waals surface area contributed by atoms with E-state index in [2.05, 4.69) is 22.5 Å². The number of nitrogens with two attached hydrogens (primary N) is 1. The van der Waals surface area contributed by atoms with E-state index in [4.69, 9.17) is 5.73 Å². The van der Waals surface area contributed by atoms with Crippen molar-refractivity contribution in [2.24, 2.45) is 11.7 Å². The Morgan fingerprint density at radius 2 is 2.14 bits per heavy atom. The topological polar surface area (TPSA) is 72.9 Å². The molecule has 1 aromatic carbocycles. The van der Waals surface area contributed by atoms with E-state index in [-0.39, 0.29) is 17.9 Å². The van der Waals surface area contributed by atoms with Crippen LogP contribution in [0.2, 0.25) is 0 Å². The monoisotopic (exact) mass is 284 g/mol. The molecule has 1 amide bonds. The predicted molar refractivity (Wildman–Crippen MR) is 81.7 cm³/mol. The van der Waals surface area contributed by atoms with Crippen LogP contribution < -0.4 is 11.1 Å². The van der Waals surface area contributed by atoms with Crippen molar-refractivity contribution in [1.29, 1.82) is 0 Å². The highest BCUT2D eigenvalue weighted by Gasteiger charge is 2.30. The Morgan fingerprint density at radius 3 is 2.86 bits per heavy atom. The molecule has 5 heteroatoms. The Morgan fingerprint density at radius 1 is 1.33 bits per heavy atom. The van der Waals surface area contributed by atoms with Gasteiger partial charge in [-0.05, 0) is 18.4 Å². The largest absolute Gasteiger partial charge is 0.327 e. The molecule has 1 aliphatic carbocycles. The van der Waals surface area contributed by atoms with E-state index >= 15 is 0 Å². The van der Waals surface area contributed by atoms with Crippen molar-refractivity contribution < 1.29 is 4.79 Å². The number of anilines is 1. The molecule has 3 N–H and O–H groups in total. The van der Waals surface area contributed by atoms with Crippen LogP contribution in [0.5, 0.6) is 0 Å². The summed E-state index contributed by atoms with van der Waals surface area (Å²) >= 11 is 0. The first-order valence-electron chi connectivity index (χ1n) is 7.35. The van der Waals surface area contributed by atoms with Gasteiger partial charge >= 0.3 is 0 Å². The first-order chi connectivity index (χ1) is 10.2. The lowest BCUT2D eigenvalue weighted by Gasteiger charge is -2.13. The third-order valence-electron chi connectivity index (χ3n) is 3.99. The maximum atomic E-state index is 12.2. The molecule has 1 aromatic heterocycles. The molecule has 2 atom stereocenters. The average molecular weight is 284 g/mol. The number of carbonyl (C=O) groups excluding carboxylic acids is 1. The Balaban J connectivity index is 1.61. The normalized spacial score (nSPS) is 21.4. The zero-order valence-corrected chi connectivity index (χ0v) is 11.9. The van der Waals surface area contributed by atoms with Gasteiger partial charge in [-0.15, -0.1) is 0 Å². The van der Waals surface area contributed by atoms with Crippen molar-refractivity contribution in [2.45, 2.75) is 31.8 Å². The fraction of sp³-hybridized carbons (Fsp3) is 0.375. The van der Waals surface area contributed by atoms with Crippen molar-refractivity contribution in [2.75, 3.05) is 5.32 Å². The zero-order chi connectivity index (χ0) is 14.7. The van der Waals surface area contributed by atoms with E-state index < -0.39 is 0 Å². The van der Waals surface area contributed by atoms with Crippen LogP contribution in [0.15, 0.2) is 42.7 Å². The molecule has 1 saturated carbocycles. The summed E-state index contributed by atoms with van der Waals surface area (Å²) in [6, 6.07) is 10.1. The Hall–Kier alpha value is -2.14. The third kappa shape index (κ3) is 3.31. The quantitative estimate of drug-likeness (QED) is 0.902. The van der Waals surface area contributed by atoms with Gasteiger partial charge < -0.3 is 11.1 Å². The minimum Gasteiger partial charge on any atom is -0.327 e. The minimum absolute atomic E-state index is 0.00985. The average Bonchev–Trinajstić information content (AvgIpc) is 3.09. The van der Waals surface area contributed by atoms with Crippen LogP contribution in [0.1, 0.15) is 24.8 Å². The van der Waals surface area contributed by atoms with Crippen LogP contribution in [-0.4, -0.2) is 21.7 Å². The highest BCUT2D eigenvalue weighted by molar-refractivity contribution is 5.92. The van der Waals surface area contributed by atoms with Gasteiger partial charge in [-0.3, -0.25) is 9.48 Å². The number of nitrogens with one attached hydrogen (secondary N) is 1. The first-order valence-corrected chi connectivity index (χ1v) is 7.35. The maximum Gasteiger partial charge on any atom is 0.229 e. The van der Waals surface area contributed by atoms with Crippen molar-refractivity contribution in [3.8, 4) is 0 Å². The van der Waals surface area contributed by atoms with Crippen molar-refractivity contribution in [3.63, 3.8) is 0 Å². The summed E-state index contributed by atoms with van der Waals surface area (Å²) in [6.07, 6.45) is 6.38. The lowest BCUT2D eigenvalue weighted by atomic mass is 10.0. The molecule has 2 aromatic rings. The molecule has 1 fully saturated rings. The molecule has 0 spiro atoms. The van der Waals surface area contributed by atoms with E-state index in [1.54, 1.807) is 6.20 Å². The summed E-state index contributed by atoms with van der Waals surface area (Å²) in [5.41, 5.74) is 7.87. The first kappa shape index (κ1) is 13.8. The van der Waals surface area contributed by atoms with Crippen molar-refractivity contribution in [3.05, 3.63) is 48.3 Å². The van der Waals surface area contributed by atoms with Crippen molar-refractivity contribution >= 4 is 11.6 Å². The lowest BCUT2D eigenvalue weighted by Crippen LogP contribution is -2.34. The summed E-state index contributed by atoms with van der Waals surface area (Å²) in [5.74, 6) is -0.0539. The molecule has 0 aliphatic heterocycles. The van der Waals surface area contributed by atoms with Gasteiger partial charge in [0, 0.05) is 12.2 Å². The second kappa shape index (κ2) is 6.10. The summed E-state index contributed by atoms with van der Waals surface area (Å²) < 4.78 is 1.82. The number of hydrogen-bond acceptors (Lipinski definition) is 3. The van der Waals surface area contributed by atoms with E-state index in [1.807, 2.05) is 29.1 Å². The van der Waals surface area contributed by atoms with Crippen LogP contribution in [0.25, 0.3) is 0 Å². The lowest BCUT2D eigenvalue weighted by molar-refractivity contribution is -0.120. The van der Waals surface area contributed by atoms with Crippen LogP contribution in [0, 0.1) is 5.92 Å². The molecule has 3 rings (SSSR count). The second-order valence-corrected chi connectivity index (χ2v) is 5.60. The SMILES string of the molecule is NC1CCCC1C(=O)Nc1cnn(Cc2ccccc2)c1. The van der Waals surface area contributed by atoms with Gasteiger partial charge in [0.2, 0.25) is 5.91 Å². The number of nitrogens with zero attached hydrogens (tertiary/aromatic N) is 2. The molecule has 110 valence electrons. The summed E-state index contributed by atoms with van der Waals surface area (Å²) in [7, 11) is 0. The number of aromatic nitrogens is 2. The molecule has 2 unspecified atom stereocenters. The number of carbonyl (C=O) groups is 1. The van der Waals surface area contributed by atoms with E-state index in [0.29, 0.717) is 6.54 Å². The van der Waals surface area contributed by atoms with Crippen LogP contribution in [-0.2, 0) is 11.3 Å². The summed E-state index contributed by atoms with van der Waals surface area (Å²) in [5, 5.41) is 7.20. The fourth-order valence-electron chi connectivity index (χ4n) is 2.83. The number of rotatable bonds is 4. The summed E-state index contributed by atoms with van der Waals surface area (Å²) in [6.45, 7) is 0.694. The molecule has 1 heterocycles. The van der Waals surface area contributed by atoms with E-state index in [1.165, 1.54) is 5.56 Å². The van der Waals surface area contributed by atoms with Gasteiger partial charge in [0.15, 0.2) is 0 Å². The van der Waals surface area contributed by atoms with Gasteiger partial charge in [0.25, 0.3) is 0 Å². The Kier molecular flexibility index (Phi) is 4.01. The van der Waals surface area contributed by atoms with Crippen LogP contribution in [0.4, 0.5) is 5.69 Å². The highest BCUT2D eigenvalue weighted by atomic mass is 16.1. The maximum absolute atomic E-state index is 12.2. The van der Waals surface area contributed by atoms with Crippen LogP contribution in [0.3, 0.4) is 0 Å². The standard InChI is InChI=1S/C16H20N4O/c17-15-8-4-7-14(15)16(21)19-13-9-18-20(11-13)10-12-5-2-1-3-6-12/h1-3,5-6,9,11,14-15H,4,7-8,10,17H2,(H,19,21). The smallest absolute Gasteiger partial charge is 0.229 e.